The Kier molecular flexibility index (Phi) is 26.3. The second-order valence-electron chi connectivity index (χ2n) is 3.26. The smallest absolute Gasteiger partial charge is 0.309 e. The number of hydrogen-bond donors (Lipinski definition) is 4. The van der Waals surface area contributed by atoms with Crippen molar-refractivity contribution in [2.24, 2.45) is 22.9 Å². The second-order valence-corrected chi connectivity index (χ2v) is 7.54. The quantitative estimate of drug-likeness (QED) is 0.421. The van der Waals surface area contributed by atoms with E-state index in [1.807, 2.05) is 0 Å². The molecule has 2 radical (unpaired) electrons. The molecule has 0 aromatic rings. The SMILES string of the molecule is CCC[CH2][Sn][CH2]CCC.NC(N)=O.NC(N)=O. The van der Waals surface area contributed by atoms with Crippen LogP contribution in [-0.4, -0.2) is 33.2 Å². The Morgan fingerprint density at radius 1 is 0.824 bits per heavy atom. The number of carbonyl (C=O) groups excluding carboxylic acids is 2. The minimum atomic E-state index is -0.833. The van der Waals surface area contributed by atoms with E-state index in [0.717, 1.165) is 0 Å². The van der Waals surface area contributed by atoms with Crippen molar-refractivity contribution in [3.8, 4) is 0 Å². The zero-order valence-corrected chi connectivity index (χ0v) is 13.7. The number of nitrogens with two attached hydrogens (primary N) is 4. The first-order valence-corrected chi connectivity index (χ1v) is 9.72. The largest absolute Gasteiger partial charge is 0.352 e. The number of hydrogen-bond acceptors (Lipinski definition) is 2. The Hall–Kier alpha value is -0.661. The van der Waals surface area contributed by atoms with Gasteiger partial charge in [-0.1, -0.05) is 0 Å². The van der Waals surface area contributed by atoms with Crippen LogP contribution in [-0.2, 0) is 0 Å². The maximum absolute atomic E-state index is 9.00. The molecule has 0 saturated carbocycles. The first-order valence-electron chi connectivity index (χ1n) is 5.68. The molecule has 6 nitrogen and oxygen atoms in total. The predicted octanol–water partition coefficient (Wildman–Crippen LogP) is 1.18. The Morgan fingerprint density at radius 3 is 1.24 bits per heavy atom. The van der Waals surface area contributed by atoms with Crippen molar-refractivity contribution in [2.75, 3.05) is 0 Å². The van der Waals surface area contributed by atoms with Gasteiger partial charge in [0.2, 0.25) is 0 Å². The standard InChI is InChI=1S/2C4H9.2CH4N2O.Sn/c2*1-3-4-2;2*2-1(3)4;/h2*1,3-4H2,2H3;2*(H4,2,3,4);. The van der Waals surface area contributed by atoms with Crippen LogP contribution in [0.15, 0.2) is 0 Å². The van der Waals surface area contributed by atoms with Crippen molar-refractivity contribution in [1.82, 2.24) is 0 Å². The van der Waals surface area contributed by atoms with Gasteiger partial charge in [0.15, 0.2) is 0 Å². The summed E-state index contributed by atoms with van der Waals surface area (Å²) < 4.78 is 3.25. The van der Waals surface area contributed by atoms with E-state index in [1.165, 1.54) is 25.7 Å². The van der Waals surface area contributed by atoms with Crippen molar-refractivity contribution < 1.29 is 9.59 Å². The molecular formula is C10H26N4O2Sn. The fourth-order valence-corrected chi connectivity index (χ4v) is 4.89. The summed E-state index contributed by atoms with van der Waals surface area (Å²) in [5, 5.41) is 0. The van der Waals surface area contributed by atoms with Crippen molar-refractivity contribution in [1.29, 1.82) is 0 Å². The van der Waals surface area contributed by atoms with Crippen molar-refractivity contribution in [3.63, 3.8) is 0 Å². The maximum atomic E-state index is 9.00. The van der Waals surface area contributed by atoms with Gasteiger partial charge in [-0.05, 0) is 0 Å². The van der Waals surface area contributed by atoms with Crippen LogP contribution < -0.4 is 22.9 Å². The van der Waals surface area contributed by atoms with Gasteiger partial charge in [-0.15, -0.1) is 0 Å². The third-order valence-corrected chi connectivity index (χ3v) is 5.45. The zero-order chi connectivity index (χ0) is 14.1. The van der Waals surface area contributed by atoms with Gasteiger partial charge in [-0.3, -0.25) is 0 Å². The van der Waals surface area contributed by atoms with Crippen molar-refractivity contribution in [2.45, 2.75) is 48.4 Å². The van der Waals surface area contributed by atoms with E-state index in [1.54, 1.807) is 8.87 Å². The van der Waals surface area contributed by atoms with Gasteiger partial charge in [-0.2, -0.15) is 0 Å². The summed E-state index contributed by atoms with van der Waals surface area (Å²) in [6, 6.07) is -1.67. The molecule has 4 amide bonds. The fourth-order valence-electron chi connectivity index (χ4n) is 0.729. The van der Waals surface area contributed by atoms with Crippen LogP contribution in [0.5, 0.6) is 0 Å². The molecule has 0 aliphatic rings. The normalized spacial score (nSPS) is 8.12. The Labute approximate surface area is 114 Å². The predicted molar refractivity (Wildman–Crippen MR) is 72.7 cm³/mol. The van der Waals surface area contributed by atoms with E-state index in [-0.39, 0.29) is 21.1 Å². The molecule has 0 atom stereocenters. The van der Waals surface area contributed by atoms with Gasteiger partial charge >= 0.3 is 81.6 Å². The monoisotopic (exact) mass is 354 g/mol. The molecule has 0 fully saturated rings. The Morgan fingerprint density at radius 2 is 1.06 bits per heavy atom. The number of carbonyl (C=O) groups is 2. The van der Waals surface area contributed by atoms with E-state index < -0.39 is 12.1 Å². The summed E-state index contributed by atoms with van der Waals surface area (Å²) in [6.07, 6.45) is 5.84. The first kappa shape index (κ1) is 21.6. The number of primary amides is 4. The average Bonchev–Trinajstić information content (AvgIpc) is 2.16. The number of rotatable bonds is 6. The van der Waals surface area contributed by atoms with Crippen LogP contribution >= 0.6 is 0 Å². The molecule has 7 heteroatoms. The van der Waals surface area contributed by atoms with E-state index in [2.05, 4.69) is 36.8 Å². The van der Waals surface area contributed by atoms with E-state index in [9.17, 15) is 0 Å². The van der Waals surface area contributed by atoms with Gasteiger partial charge in [0, 0.05) is 0 Å². The summed E-state index contributed by atoms with van der Waals surface area (Å²) in [6.45, 7) is 4.58. The van der Waals surface area contributed by atoms with Crippen LogP contribution in [0, 0.1) is 0 Å². The average molecular weight is 353 g/mol. The summed E-state index contributed by atoms with van der Waals surface area (Å²) in [5.74, 6) is 0. The molecule has 17 heavy (non-hydrogen) atoms. The molecule has 0 bridgehead atoms. The molecule has 0 aliphatic carbocycles. The van der Waals surface area contributed by atoms with Crippen LogP contribution in [0.25, 0.3) is 0 Å². The summed E-state index contributed by atoms with van der Waals surface area (Å²) >= 11 is 0.149. The van der Waals surface area contributed by atoms with Crippen molar-refractivity contribution >= 4 is 33.2 Å². The molecule has 0 aromatic carbocycles. The van der Waals surface area contributed by atoms with Gasteiger partial charge in [0.1, 0.15) is 0 Å². The summed E-state index contributed by atoms with van der Waals surface area (Å²) in [5.41, 5.74) is 17.0. The fraction of sp³-hybridized carbons (Fsp3) is 0.800. The molecule has 8 N–H and O–H groups in total. The first-order chi connectivity index (χ1) is 7.88. The summed E-state index contributed by atoms with van der Waals surface area (Å²) in [4.78, 5) is 18.0. The zero-order valence-electron chi connectivity index (χ0n) is 10.9. The molecule has 0 heterocycles. The van der Waals surface area contributed by atoms with Gasteiger partial charge in [0.05, 0.1) is 0 Å². The molecule has 0 spiro atoms. The topological polar surface area (TPSA) is 138 Å². The molecule has 0 rings (SSSR count). The molecule has 102 valence electrons. The van der Waals surface area contributed by atoms with Crippen LogP contribution in [0.1, 0.15) is 39.5 Å². The van der Waals surface area contributed by atoms with E-state index in [0.29, 0.717) is 0 Å². The number of amides is 4. The van der Waals surface area contributed by atoms with Crippen LogP contribution in [0.2, 0.25) is 8.87 Å². The third-order valence-electron chi connectivity index (χ3n) is 1.41. The number of unbranched alkanes of at least 4 members (excludes halogenated alkanes) is 2. The van der Waals surface area contributed by atoms with E-state index >= 15 is 0 Å². The molecular weight excluding hydrogens is 327 g/mol. The van der Waals surface area contributed by atoms with Crippen LogP contribution in [0.3, 0.4) is 0 Å². The van der Waals surface area contributed by atoms with Crippen LogP contribution in [0.4, 0.5) is 9.59 Å². The third kappa shape index (κ3) is 95.8. The van der Waals surface area contributed by atoms with E-state index in [4.69, 9.17) is 9.59 Å². The van der Waals surface area contributed by atoms with Crippen molar-refractivity contribution in [3.05, 3.63) is 0 Å². The summed E-state index contributed by atoms with van der Waals surface area (Å²) in [7, 11) is 0. The minimum Gasteiger partial charge on any atom is -0.352 e. The van der Waals surface area contributed by atoms with Gasteiger partial charge in [-0.25, -0.2) is 9.59 Å². The minimum absolute atomic E-state index is 0.149. The Bertz CT molecular complexity index is 154. The Balaban J connectivity index is -0.000000205. The second kappa shape index (κ2) is 20.7. The molecule has 0 unspecified atom stereocenters. The van der Waals surface area contributed by atoms with Gasteiger partial charge < -0.3 is 22.9 Å². The maximum Gasteiger partial charge on any atom is 0.309 e. The molecule has 0 aliphatic heterocycles. The molecule has 0 aromatic heterocycles. The number of urea groups is 2. The molecule has 0 saturated heterocycles. The van der Waals surface area contributed by atoms with Gasteiger partial charge in [0.25, 0.3) is 0 Å².